The van der Waals surface area contributed by atoms with Gasteiger partial charge in [-0.2, -0.15) is 0 Å². The first-order valence-electron chi connectivity index (χ1n) is 17.1. The standard InChI is InChI=1S/3C5H12N2/c3*1-7-4-2-6-3-5-7/h3*6H,2-5H2,1H3/i1D3,2D2,3D2,4D2,5D2;1D3,4D2,5D2;4D2,5D2. The number of piperazine rings is 3. The highest BCUT2D eigenvalue weighted by Gasteiger charge is 2.02. The molecule has 126 valence electrons. The molecular weight excluding hydrogens is 264 g/mol. The normalized spacial score (nSPS) is 61.2. The van der Waals surface area contributed by atoms with Crippen LogP contribution in [0.1, 0.15) is 30.2 Å². The van der Waals surface area contributed by atoms with Crippen LogP contribution in [0.3, 0.4) is 0 Å². The van der Waals surface area contributed by atoms with E-state index in [4.69, 9.17) is 30.2 Å². The summed E-state index contributed by atoms with van der Waals surface area (Å²) in [4.78, 5) is 1.05. The molecule has 0 aromatic carbocycles. The van der Waals surface area contributed by atoms with E-state index in [0.717, 1.165) is 4.90 Å². The Morgan fingerprint density at radius 1 is 0.667 bits per heavy atom. The van der Waals surface area contributed by atoms with Gasteiger partial charge in [-0.15, -0.1) is 0 Å². The smallest absolute Gasteiger partial charge is 0.0444 e. The SMILES string of the molecule is [2H]C([2H])([2H])N1C([2H])([2H])C([2H])([2H])NC([2H])([2H])C1([2H])[2H].[2H]C([2H])([2H])N1C([2H])([2H])CNCC1([2H])[2H].[2H]C1([2H])CNCC([2H])([2H])N1C. The van der Waals surface area contributed by atoms with Gasteiger partial charge in [0, 0.05) is 108 Å². The van der Waals surface area contributed by atoms with Crippen molar-refractivity contribution in [2.24, 2.45) is 0 Å². The molecule has 0 aromatic heterocycles. The predicted molar refractivity (Wildman–Crippen MR) is 91.1 cm³/mol. The highest BCUT2D eigenvalue weighted by molar-refractivity contribution is 4.63. The first kappa shape index (κ1) is 4.43. The van der Waals surface area contributed by atoms with Crippen molar-refractivity contribution >= 4 is 0 Å². The van der Waals surface area contributed by atoms with Crippen molar-refractivity contribution in [3.05, 3.63) is 0 Å². The van der Waals surface area contributed by atoms with E-state index in [1.165, 1.54) is 12.4 Å². The first-order chi connectivity index (χ1) is 18.5. The third-order valence-electron chi connectivity index (χ3n) is 2.07. The monoisotopic (exact) mass is 322 g/mol. The minimum Gasteiger partial charge on any atom is -0.314 e. The van der Waals surface area contributed by atoms with Crippen LogP contribution in [0.25, 0.3) is 0 Å². The van der Waals surface area contributed by atoms with E-state index in [9.17, 15) is 0 Å². The van der Waals surface area contributed by atoms with Crippen molar-refractivity contribution in [3.63, 3.8) is 0 Å². The summed E-state index contributed by atoms with van der Waals surface area (Å²) >= 11 is 0. The topological polar surface area (TPSA) is 45.8 Å². The second-order valence-corrected chi connectivity index (χ2v) is 3.67. The first-order valence-corrected chi connectivity index (χ1v) is 6.06. The lowest BCUT2D eigenvalue weighted by atomic mass is 10.4. The molecule has 3 aliphatic rings. The quantitative estimate of drug-likeness (QED) is 0.508. The van der Waals surface area contributed by atoms with E-state index >= 15 is 0 Å². The highest BCUT2D eigenvalue weighted by Crippen LogP contribution is 1.84. The number of likely N-dealkylation sites (N-methyl/N-ethyl adjacent to an activating group) is 3. The Labute approximate surface area is 162 Å². The van der Waals surface area contributed by atoms with Crippen molar-refractivity contribution < 1.29 is 30.2 Å². The molecule has 3 aliphatic heterocycles. The molecule has 3 N–H and O–H groups in total. The molecular formula is C15H36N6. The van der Waals surface area contributed by atoms with E-state index in [2.05, 4.69) is 10.6 Å². The summed E-state index contributed by atoms with van der Waals surface area (Å²) in [6.07, 6.45) is 0. The molecule has 6 nitrogen and oxygen atoms in total. The Bertz CT molecular complexity index is 902. The van der Waals surface area contributed by atoms with Crippen LogP contribution in [0.15, 0.2) is 0 Å². The zero-order valence-corrected chi connectivity index (χ0v) is 11.7. The fourth-order valence-corrected chi connectivity index (χ4v) is 1.08. The van der Waals surface area contributed by atoms with Crippen molar-refractivity contribution in [1.82, 2.24) is 30.7 Å². The maximum absolute atomic E-state index is 7.46. The van der Waals surface area contributed by atoms with Crippen LogP contribution in [-0.4, -0.2) is 114 Å². The molecule has 21 heavy (non-hydrogen) atoms. The second kappa shape index (κ2) is 12.3. The van der Waals surface area contributed by atoms with Gasteiger partial charge in [-0.3, -0.25) is 0 Å². The minimum atomic E-state index is -3.34. The molecule has 0 spiro atoms. The molecule has 0 amide bonds. The fraction of sp³-hybridized carbons (Fsp3) is 1.00. The summed E-state index contributed by atoms with van der Waals surface area (Å²) in [5.74, 6) is 0. The van der Waals surface area contributed by atoms with Crippen molar-refractivity contribution in [2.45, 2.75) is 0 Å². The molecule has 3 heterocycles. The number of hydrogen-bond acceptors (Lipinski definition) is 6. The Morgan fingerprint density at radius 2 is 1.10 bits per heavy atom. The second-order valence-electron chi connectivity index (χ2n) is 3.67. The Balaban J connectivity index is 0.000000332. The lowest BCUT2D eigenvalue weighted by Gasteiger charge is -2.21. The summed E-state index contributed by atoms with van der Waals surface area (Å²) in [7, 11) is 1.46. The lowest BCUT2D eigenvalue weighted by Crippen LogP contribution is -2.40. The third-order valence-corrected chi connectivity index (χ3v) is 2.07. The van der Waals surface area contributed by atoms with Crippen LogP contribution in [0, 0.1) is 0 Å². The molecule has 0 bridgehead atoms. The number of hydrogen-bond donors (Lipinski definition) is 3. The average molecular weight is 323 g/mol. The van der Waals surface area contributed by atoms with Gasteiger partial charge in [-0.05, 0) is 21.0 Å². The van der Waals surface area contributed by atoms with Crippen molar-refractivity contribution in [1.29, 1.82) is 0 Å². The van der Waals surface area contributed by atoms with E-state index in [1.807, 2.05) is 0 Å². The summed E-state index contributed by atoms with van der Waals surface area (Å²) < 4.78 is 161. The Hall–Kier alpha value is -0.240. The lowest BCUT2D eigenvalue weighted by molar-refractivity contribution is 0.291. The van der Waals surface area contributed by atoms with Crippen molar-refractivity contribution in [3.8, 4) is 0 Å². The van der Waals surface area contributed by atoms with Gasteiger partial charge in [-0.1, -0.05) is 0 Å². The molecule has 0 aromatic rings. The fourth-order valence-electron chi connectivity index (χ4n) is 1.08. The maximum atomic E-state index is 7.46. The van der Waals surface area contributed by atoms with Gasteiger partial charge < -0.3 is 30.7 Å². The maximum Gasteiger partial charge on any atom is 0.0444 e. The summed E-state index contributed by atoms with van der Waals surface area (Å²) in [6.45, 7) is -26.3. The van der Waals surface area contributed by atoms with E-state index in [0.29, 0.717) is 4.90 Å². The molecule has 0 saturated carbocycles. The van der Waals surface area contributed by atoms with Crippen LogP contribution < -0.4 is 16.0 Å². The van der Waals surface area contributed by atoms with Crippen LogP contribution in [0.4, 0.5) is 0 Å². The average Bonchev–Trinajstić information content (AvgIpc) is 2.66. The molecule has 3 fully saturated rings. The minimum absolute atomic E-state index is 0.184. The van der Waals surface area contributed by atoms with Gasteiger partial charge in [0.2, 0.25) is 0 Å². The number of rotatable bonds is 0. The molecule has 0 aliphatic carbocycles. The van der Waals surface area contributed by atoms with Gasteiger partial charge in [0.15, 0.2) is 0 Å². The molecule has 3 saturated heterocycles. The predicted octanol–water partition coefficient (Wildman–Crippen LogP) is -1.44. The van der Waals surface area contributed by atoms with Gasteiger partial charge in [0.25, 0.3) is 0 Å². The van der Waals surface area contributed by atoms with Gasteiger partial charge >= 0.3 is 0 Å². The van der Waals surface area contributed by atoms with E-state index < -0.39 is 65.9 Å². The molecule has 3 rings (SSSR count). The summed E-state index contributed by atoms with van der Waals surface area (Å²) in [5, 5.41) is 6.77. The molecule has 0 unspecified atom stereocenters. The molecule has 0 atom stereocenters. The summed E-state index contributed by atoms with van der Waals surface area (Å²) in [5.41, 5.74) is 0. The summed E-state index contributed by atoms with van der Waals surface area (Å²) in [6, 6.07) is 0. The van der Waals surface area contributed by atoms with E-state index in [1.54, 1.807) is 0 Å². The molecule has 6 heteroatoms. The van der Waals surface area contributed by atoms with Gasteiger partial charge in [0.1, 0.15) is 0 Å². The Kier molecular flexibility index (Phi) is 2.60. The van der Waals surface area contributed by atoms with Crippen LogP contribution in [0.2, 0.25) is 0 Å². The zero-order chi connectivity index (χ0) is 34.7. The van der Waals surface area contributed by atoms with E-state index in [-0.39, 0.29) is 31.1 Å². The van der Waals surface area contributed by atoms with Crippen LogP contribution in [-0.2, 0) is 0 Å². The molecule has 0 radical (unpaired) electrons. The van der Waals surface area contributed by atoms with Crippen LogP contribution >= 0.6 is 0 Å². The highest BCUT2D eigenvalue weighted by atomic mass is 15.2. The number of nitrogens with zero attached hydrogens (tertiary/aromatic N) is 3. The zero-order valence-electron chi connectivity index (χ0n) is 33.7. The van der Waals surface area contributed by atoms with Crippen LogP contribution in [0.5, 0.6) is 0 Å². The largest absolute Gasteiger partial charge is 0.314 e. The third kappa shape index (κ3) is 11.0. The number of nitrogens with one attached hydrogen (secondary N) is 3. The van der Waals surface area contributed by atoms with Crippen molar-refractivity contribution in [2.75, 3.05) is 99.2 Å². The van der Waals surface area contributed by atoms with Gasteiger partial charge in [0.05, 0.1) is 0 Å². The van der Waals surface area contributed by atoms with Gasteiger partial charge in [-0.25, -0.2) is 0 Å². The Morgan fingerprint density at radius 3 is 1.48 bits per heavy atom.